The number of carbonyl (C=O) groups excluding carboxylic acids is 1. The molecule has 0 heterocycles. The Hall–Kier alpha value is -1.32. The number of rotatable bonds is 6. The van der Waals surface area contributed by atoms with Crippen molar-refractivity contribution in [3.05, 3.63) is 11.8 Å². The van der Waals surface area contributed by atoms with Crippen LogP contribution in [0.3, 0.4) is 0 Å². The van der Waals surface area contributed by atoms with Crippen LogP contribution in [0.5, 0.6) is 0 Å². The Labute approximate surface area is 90.4 Å². The van der Waals surface area contributed by atoms with Gasteiger partial charge < -0.3 is 10.4 Å². The molecule has 0 atom stereocenters. The summed E-state index contributed by atoms with van der Waals surface area (Å²) in [6.07, 6.45) is 1.86. The van der Waals surface area contributed by atoms with Crippen molar-refractivity contribution in [3.8, 4) is 0 Å². The second-order valence-corrected chi connectivity index (χ2v) is 4.00. The molecule has 15 heavy (non-hydrogen) atoms. The molecule has 0 aromatic rings. The summed E-state index contributed by atoms with van der Waals surface area (Å²) in [6, 6.07) is 0. The summed E-state index contributed by atoms with van der Waals surface area (Å²) >= 11 is 0. The smallest absolute Gasteiger partial charge is 0.352 e. The molecule has 0 amide bonds. The van der Waals surface area contributed by atoms with E-state index in [0.717, 1.165) is 0 Å². The average Bonchev–Trinajstić information content (AvgIpc) is 2.16. The van der Waals surface area contributed by atoms with Crippen LogP contribution >= 0.6 is 0 Å². The summed E-state index contributed by atoms with van der Waals surface area (Å²) in [5, 5.41) is 11.5. The molecule has 0 aliphatic carbocycles. The molecule has 0 saturated heterocycles. The van der Waals surface area contributed by atoms with Crippen LogP contribution in [0.4, 0.5) is 0 Å². The Morgan fingerprint density at radius 3 is 2.20 bits per heavy atom. The van der Waals surface area contributed by atoms with E-state index in [1.165, 1.54) is 6.08 Å². The summed E-state index contributed by atoms with van der Waals surface area (Å²) in [6.45, 7) is 7.78. The van der Waals surface area contributed by atoms with Crippen LogP contribution in [-0.2, 0) is 9.59 Å². The van der Waals surface area contributed by atoms with Gasteiger partial charge in [-0.2, -0.15) is 0 Å². The summed E-state index contributed by atoms with van der Waals surface area (Å²) in [5.41, 5.74) is -0.542. The zero-order valence-electron chi connectivity index (χ0n) is 9.76. The summed E-state index contributed by atoms with van der Waals surface area (Å²) < 4.78 is 0. The number of allylic oxidation sites excluding steroid dienone is 1. The molecule has 4 nitrogen and oxygen atoms in total. The third kappa shape index (κ3) is 4.14. The van der Waals surface area contributed by atoms with Crippen LogP contribution in [0.25, 0.3) is 0 Å². The fourth-order valence-electron chi connectivity index (χ4n) is 0.880. The summed E-state index contributed by atoms with van der Waals surface area (Å²) in [4.78, 5) is 22.5. The Bertz CT molecular complexity index is 280. The first-order valence-corrected chi connectivity index (χ1v) is 5.08. The van der Waals surface area contributed by atoms with Gasteiger partial charge in [-0.15, -0.1) is 0 Å². The molecule has 0 aliphatic rings. The van der Waals surface area contributed by atoms with Crippen LogP contribution in [0, 0.1) is 5.41 Å². The molecule has 86 valence electrons. The molecule has 0 spiro atoms. The average molecular weight is 213 g/mol. The van der Waals surface area contributed by atoms with E-state index in [1.54, 1.807) is 20.8 Å². The van der Waals surface area contributed by atoms with Crippen LogP contribution in [-0.4, -0.2) is 23.4 Å². The fraction of sp³-hybridized carbons (Fsp3) is 0.636. The maximum absolute atomic E-state index is 11.7. The zero-order chi connectivity index (χ0) is 12.1. The van der Waals surface area contributed by atoms with Crippen molar-refractivity contribution in [2.75, 3.05) is 6.54 Å². The van der Waals surface area contributed by atoms with Crippen molar-refractivity contribution in [1.82, 2.24) is 5.32 Å². The third-order valence-electron chi connectivity index (χ3n) is 2.42. The largest absolute Gasteiger partial charge is 0.477 e. The number of ketones is 1. The first kappa shape index (κ1) is 13.7. The van der Waals surface area contributed by atoms with Gasteiger partial charge in [-0.3, -0.25) is 4.79 Å². The van der Waals surface area contributed by atoms with E-state index in [2.05, 4.69) is 5.32 Å². The highest BCUT2D eigenvalue weighted by Crippen LogP contribution is 2.21. The summed E-state index contributed by atoms with van der Waals surface area (Å²) in [5.74, 6) is -1.26. The number of carboxylic acid groups (broad SMARTS) is 1. The fourth-order valence-corrected chi connectivity index (χ4v) is 0.880. The minimum absolute atomic E-state index is 0.0379. The summed E-state index contributed by atoms with van der Waals surface area (Å²) in [7, 11) is 0. The number of hydrogen-bond donors (Lipinski definition) is 2. The topological polar surface area (TPSA) is 66.4 Å². The van der Waals surface area contributed by atoms with Gasteiger partial charge in [-0.25, -0.2) is 4.79 Å². The number of nitrogens with one attached hydrogen (secondary N) is 1. The molecular formula is C11H19NO3. The second kappa shape index (κ2) is 5.53. The van der Waals surface area contributed by atoms with E-state index in [0.29, 0.717) is 13.0 Å². The molecule has 0 unspecified atom stereocenters. The van der Waals surface area contributed by atoms with Gasteiger partial charge in [-0.1, -0.05) is 20.8 Å². The SMILES string of the molecule is CCNC(=CC(=O)C(C)(C)CC)C(=O)O. The van der Waals surface area contributed by atoms with Gasteiger partial charge in [0.2, 0.25) is 0 Å². The number of carbonyl (C=O) groups is 2. The van der Waals surface area contributed by atoms with E-state index in [1.807, 2.05) is 6.92 Å². The van der Waals surface area contributed by atoms with Crippen LogP contribution in [0.2, 0.25) is 0 Å². The van der Waals surface area contributed by atoms with Crippen molar-refractivity contribution >= 4 is 11.8 Å². The highest BCUT2D eigenvalue weighted by molar-refractivity contribution is 6.00. The third-order valence-corrected chi connectivity index (χ3v) is 2.42. The number of carboxylic acids is 1. The minimum Gasteiger partial charge on any atom is -0.477 e. The molecule has 0 aromatic carbocycles. The monoisotopic (exact) mass is 213 g/mol. The first-order chi connectivity index (χ1) is 6.85. The molecule has 2 N–H and O–H groups in total. The minimum atomic E-state index is -1.10. The standard InChI is InChI=1S/C11H19NO3/c1-5-11(3,4)9(13)7-8(10(14)15)12-6-2/h7,12H,5-6H2,1-4H3,(H,14,15). The Balaban J connectivity index is 4.83. The van der Waals surface area contributed by atoms with E-state index in [-0.39, 0.29) is 11.5 Å². The highest BCUT2D eigenvalue weighted by atomic mass is 16.4. The van der Waals surface area contributed by atoms with Gasteiger partial charge >= 0.3 is 5.97 Å². The van der Waals surface area contributed by atoms with Gasteiger partial charge in [0, 0.05) is 18.0 Å². The molecule has 0 radical (unpaired) electrons. The van der Waals surface area contributed by atoms with Crippen molar-refractivity contribution in [2.45, 2.75) is 34.1 Å². The highest BCUT2D eigenvalue weighted by Gasteiger charge is 2.24. The molecule has 0 aromatic heterocycles. The normalized spacial score (nSPS) is 12.4. The molecular weight excluding hydrogens is 194 g/mol. The molecule has 0 aliphatic heterocycles. The Kier molecular flexibility index (Phi) is 5.05. The lowest BCUT2D eigenvalue weighted by molar-refractivity contribution is -0.133. The lowest BCUT2D eigenvalue weighted by Crippen LogP contribution is -2.26. The van der Waals surface area contributed by atoms with Crippen molar-refractivity contribution in [1.29, 1.82) is 0 Å². The first-order valence-electron chi connectivity index (χ1n) is 5.08. The van der Waals surface area contributed by atoms with E-state index < -0.39 is 11.4 Å². The lowest BCUT2D eigenvalue weighted by atomic mass is 9.85. The van der Waals surface area contributed by atoms with Gasteiger partial charge in [0.25, 0.3) is 0 Å². The van der Waals surface area contributed by atoms with Crippen molar-refractivity contribution in [2.24, 2.45) is 5.41 Å². The molecule has 4 heteroatoms. The predicted molar refractivity (Wildman–Crippen MR) is 58.5 cm³/mol. The van der Waals surface area contributed by atoms with Crippen LogP contribution in [0.1, 0.15) is 34.1 Å². The second-order valence-electron chi connectivity index (χ2n) is 4.00. The van der Waals surface area contributed by atoms with Gasteiger partial charge in [0.1, 0.15) is 5.70 Å². The number of likely N-dealkylation sites (N-methyl/N-ethyl adjacent to an activating group) is 1. The van der Waals surface area contributed by atoms with Crippen LogP contribution in [0.15, 0.2) is 11.8 Å². The van der Waals surface area contributed by atoms with Gasteiger partial charge in [0.05, 0.1) is 0 Å². The van der Waals surface area contributed by atoms with Crippen LogP contribution < -0.4 is 5.32 Å². The maximum Gasteiger partial charge on any atom is 0.352 e. The molecule has 0 fully saturated rings. The Morgan fingerprint density at radius 1 is 1.33 bits per heavy atom. The zero-order valence-corrected chi connectivity index (χ0v) is 9.76. The van der Waals surface area contributed by atoms with Gasteiger partial charge in [0.15, 0.2) is 5.78 Å². The number of aliphatic carboxylic acids is 1. The molecule has 0 saturated carbocycles. The number of hydrogen-bond acceptors (Lipinski definition) is 3. The molecule has 0 rings (SSSR count). The maximum atomic E-state index is 11.7. The van der Waals surface area contributed by atoms with E-state index in [4.69, 9.17) is 5.11 Å². The Morgan fingerprint density at radius 2 is 1.87 bits per heavy atom. The lowest BCUT2D eigenvalue weighted by Gasteiger charge is -2.18. The van der Waals surface area contributed by atoms with E-state index >= 15 is 0 Å². The van der Waals surface area contributed by atoms with Crippen molar-refractivity contribution in [3.63, 3.8) is 0 Å². The predicted octanol–water partition coefficient (Wildman–Crippen LogP) is 1.57. The van der Waals surface area contributed by atoms with Crippen molar-refractivity contribution < 1.29 is 14.7 Å². The van der Waals surface area contributed by atoms with Gasteiger partial charge in [-0.05, 0) is 13.3 Å². The van der Waals surface area contributed by atoms with E-state index in [9.17, 15) is 9.59 Å². The molecule has 0 bridgehead atoms. The quantitative estimate of drug-likeness (QED) is 0.657.